The molecule has 150 valence electrons. The van der Waals surface area contributed by atoms with Crippen LogP contribution in [0.25, 0.3) is 6.08 Å². The number of hydrogen-bond acceptors (Lipinski definition) is 3. The third kappa shape index (κ3) is 4.21. The zero-order valence-corrected chi connectivity index (χ0v) is 17.0. The van der Waals surface area contributed by atoms with Gasteiger partial charge in [-0.15, -0.1) is 0 Å². The normalized spacial score (nSPS) is 14.9. The summed E-state index contributed by atoms with van der Waals surface area (Å²) < 4.78 is 5.77. The fourth-order valence-corrected chi connectivity index (χ4v) is 3.20. The number of hydrogen-bond donors (Lipinski definition) is 1. The number of hydrazine groups is 1. The number of carbonyl (C=O) groups is 2. The highest BCUT2D eigenvalue weighted by atomic mass is 35.5. The van der Waals surface area contributed by atoms with Gasteiger partial charge in [0.2, 0.25) is 0 Å². The van der Waals surface area contributed by atoms with E-state index in [1.807, 2.05) is 49.4 Å². The number of aryl methyl sites for hydroxylation is 1. The van der Waals surface area contributed by atoms with Gasteiger partial charge in [-0.3, -0.25) is 15.0 Å². The Hall–Kier alpha value is -3.57. The van der Waals surface area contributed by atoms with E-state index in [9.17, 15) is 9.59 Å². The van der Waals surface area contributed by atoms with Gasteiger partial charge < -0.3 is 4.74 Å². The predicted molar refractivity (Wildman–Crippen MR) is 117 cm³/mol. The van der Waals surface area contributed by atoms with Gasteiger partial charge in [0.15, 0.2) is 0 Å². The number of anilines is 1. The van der Waals surface area contributed by atoms with Gasteiger partial charge in [-0.25, -0.2) is 5.01 Å². The molecule has 3 aromatic carbocycles. The van der Waals surface area contributed by atoms with E-state index in [2.05, 4.69) is 5.43 Å². The zero-order chi connectivity index (χ0) is 21.1. The number of ether oxygens (including phenoxy) is 1. The summed E-state index contributed by atoms with van der Waals surface area (Å²) in [5.41, 5.74) is 5.85. The maximum atomic E-state index is 12.7. The van der Waals surface area contributed by atoms with E-state index >= 15 is 0 Å². The summed E-state index contributed by atoms with van der Waals surface area (Å²) in [6, 6.07) is 22.3. The van der Waals surface area contributed by atoms with Crippen molar-refractivity contribution in [2.75, 3.05) is 5.01 Å². The van der Waals surface area contributed by atoms with Crippen LogP contribution in [-0.4, -0.2) is 11.8 Å². The summed E-state index contributed by atoms with van der Waals surface area (Å²) in [6.45, 7) is 2.34. The Labute approximate surface area is 179 Å². The average Bonchev–Trinajstić information content (AvgIpc) is 3.04. The predicted octanol–water partition coefficient (Wildman–Crippen LogP) is 4.69. The minimum atomic E-state index is -0.457. The van der Waals surface area contributed by atoms with Gasteiger partial charge in [-0.2, -0.15) is 0 Å². The summed E-state index contributed by atoms with van der Waals surface area (Å²) in [6.07, 6.45) is 1.56. The second-order valence-corrected chi connectivity index (χ2v) is 7.32. The highest BCUT2D eigenvalue weighted by Crippen LogP contribution is 2.26. The topological polar surface area (TPSA) is 58.6 Å². The van der Waals surface area contributed by atoms with Crippen LogP contribution in [0.3, 0.4) is 0 Å². The molecule has 0 bridgehead atoms. The summed E-state index contributed by atoms with van der Waals surface area (Å²) >= 11 is 6.14. The smallest absolute Gasteiger partial charge is 0.282 e. The average molecular weight is 419 g/mol. The standard InChI is InChI=1S/C24H19ClN2O3/c1-16-7-10-19(14-22(16)25)27-24(29)21(23(28)26-27)13-17-8-11-20(12-9-17)30-15-18-5-3-2-4-6-18/h2-14H,15H2,1H3,(H,26,28)/b21-13+. The van der Waals surface area contributed by atoms with Gasteiger partial charge >= 0.3 is 0 Å². The molecular formula is C24H19ClN2O3. The Morgan fingerprint density at radius 1 is 1.00 bits per heavy atom. The van der Waals surface area contributed by atoms with Crippen LogP contribution in [-0.2, 0) is 16.2 Å². The van der Waals surface area contributed by atoms with Crippen molar-refractivity contribution in [2.24, 2.45) is 0 Å². The summed E-state index contributed by atoms with van der Waals surface area (Å²) in [4.78, 5) is 25.1. The molecule has 3 aromatic rings. The summed E-state index contributed by atoms with van der Waals surface area (Å²) in [5, 5.41) is 1.73. The first-order chi connectivity index (χ1) is 14.5. The Morgan fingerprint density at radius 2 is 1.73 bits per heavy atom. The second-order valence-electron chi connectivity index (χ2n) is 6.92. The minimum Gasteiger partial charge on any atom is -0.489 e. The molecule has 1 fully saturated rings. The van der Waals surface area contributed by atoms with Gasteiger partial charge in [0.1, 0.15) is 17.9 Å². The quantitative estimate of drug-likeness (QED) is 0.483. The Balaban J connectivity index is 1.47. The number of carbonyl (C=O) groups excluding carboxylic acids is 2. The molecule has 4 rings (SSSR count). The number of rotatable bonds is 5. The van der Waals surface area contributed by atoms with Crippen molar-refractivity contribution in [3.63, 3.8) is 0 Å². The molecule has 0 unspecified atom stereocenters. The van der Waals surface area contributed by atoms with Crippen LogP contribution in [0.5, 0.6) is 5.75 Å². The molecule has 30 heavy (non-hydrogen) atoms. The molecule has 1 saturated heterocycles. The van der Waals surface area contributed by atoms with E-state index in [0.29, 0.717) is 23.1 Å². The lowest BCUT2D eigenvalue weighted by Crippen LogP contribution is -2.35. The van der Waals surface area contributed by atoms with Crippen molar-refractivity contribution in [1.29, 1.82) is 0 Å². The maximum Gasteiger partial charge on any atom is 0.282 e. The van der Waals surface area contributed by atoms with Crippen LogP contribution in [0.4, 0.5) is 5.69 Å². The second kappa shape index (κ2) is 8.43. The molecule has 6 heteroatoms. The molecule has 0 saturated carbocycles. The largest absolute Gasteiger partial charge is 0.489 e. The lowest BCUT2D eigenvalue weighted by Gasteiger charge is -2.15. The molecule has 0 aliphatic carbocycles. The third-order valence-corrected chi connectivity index (χ3v) is 5.15. The van der Waals surface area contributed by atoms with Crippen molar-refractivity contribution >= 4 is 35.2 Å². The minimum absolute atomic E-state index is 0.0599. The van der Waals surface area contributed by atoms with E-state index in [0.717, 1.165) is 16.7 Å². The molecule has 1 aliphatic heterocycles. The summed E-state index contributed by atoms with van der Waals surface area (Å²) in [7, 11) is 0. The van der Waals surface area contributed by atoms with Crippen molar-refractivity contribution in [3.05, 3.63) is 100 Å². The monoisotopic (exact) mass is 418 g/mol. The van der Waals surface area contributed by atoms with Gasteiger partial charge in [-0.1, -0.05) is 60.1 Å². The van der Waals surface area contributed by atoms with Crippen molar-refractivity contribution in [3.8, 4) is 5.75 Å². The van der Waals surface area contributed by atoms with Crippen molar-refractivity contribution < 1.29 is 14.3 Å². The number of nitrogens with one attached hydrogen (secondary N) is 1. The molecule has 0 radical (unpaired) electrons. The number of halogens is 1. The van der Waals surface area contributed by atoms with Gasteiger partial charge in [0, 0.05) is 5.02 Å². The molecule has 2 amide bonds. The molecule has 0 atom stereocenters. The fourth-order valence-electron chi connectivity index (χ4n) is 3.03. The molecule has 0 spiro atoms. The van der Waals surface area contributed by atoms with Crippen LogP contribution >= 0.6 is 11.6 Å². The molecule has 1 aliphatic rings. The molecule has 1 heterocycles. The Morgan fingerprint density at radius 3 is 2.43 bits per heavy atom. The Kier molecular flexibility index (Phi) is 5.55. The first kappa shape index (κ1) is 19.7. The highest BCUT2D eigenvalue weighted by Gasteiger charge is 2.34. The van der Waals surface area contributed by atoms with E-state index in [-0.39, 0.29) is 5.57 Å². The van der Waals surface area contributed by atoms with Crippen LogP contribution in [0, 0.1) is 6.92 Å². The lowest BCUT2D eigenvalue weighted by atomic mass is 10.1. The number of amides is 2. The van der Waals surface area contributed by atoms with Crippen LogP contribution in [0.15, 0.2) is 78.4 Å². The van der Waals surface area contributed by atoms with Crippen LogP contribution in [0.1, 0.15) is 16.7 Å². The number of benzene rings is 3. The first-order valence-electron chi connectivity index (χ1n) is 9.41. The summed E-state index contributed by atoms with van der Waals surface area (Å²) in [5.74, 6) is -0.176. The number of nitrogens with zero attached hydrogens (tertiary/aromatic N) is 1. The zero-order valence-electron chi connectivity index (χ0n) is 16.3. The van der Waals surface area contributed by atoms with E-state index in [1.165, 1.54) is 5.01 Å². The Bertz CT molecular complexity index is 1120. The third-order valence-electron chi connectivity index (χ3n) is 4.74. The molecule has 1 N–H and O–H groups in total. The lowest BCUT2D eigenvalue weighted by molar-refractivity contribution is -0.117. The first-order valence-corrected chi connectivity index (χ1v) is 9.79. The van der Waals surface area contributed by atoms with Gasteiger partial charge in [-0.05, 0) is 54.0 Å². The fraction of sp³-hybridized carbons (Fsp3) is 0.0833. The van der Waals surface area contributed by atoms with Crippen LogP contribution < -0.4 is 15.2 Å². The van der Waals surface area contributed by atoms with Crippen molar-refractivity contribution in [1.82, 2.24) is 5.43 Å². The maximum absolute atomic E-state index is 12.7. The highest BCUT2D eigenvalue weighted by molar-refractivity contribution is 6.33. The van der Waals surface area contributed by atoms with Crippen LogP contribution in [0.2, 0.25) is 5.02 Å². The van der Waals surface area contributed by atoms with E-state index in [4.69, 9.17) is 16.3 Å². The molecule has 5 nitrogen and oxygen atoms in total. The molecular weight excluding hydrogens is 400 g/mol. The van der Waals surface area contributed by atoms with Gasteiger partial charge in [0.25, 0.3) is 11.8 Å². The van der Waals surface area contributed by atoms with Gasteiger partial charge in [0.05, 0.1) is 5.69 Å². The SMILES string of the molecule is Cc1ccc(N2NC(=O)/C(=C\c3ccc(OCc4ccccc4)cc3)C2=O)cc1Cl. The van der Waals surface area contributed by atoms with E-state index in [1.54, 1.807) is 36.4 Å². The van der Waals surface area contributed by atoms with Crippen molar-refractivity contribution in [2.45, 2.75) is 13.5 Å². The van der Waals surface area contributed by atoms with E-state index < -0.39 is 11.8 Å². The molecule has 0 aromatic heterocycles.